The van der Waals surface area contributed by atoms with E-state index in [1.54, 1.807) is 29.5 Å². The summed E-state index contributed by atoms with van der Waals surface area (Å²) in [5.74, 6) is 0.749. The van der Waals surface area contributed by atoms with Gasteiger partial charge in [0.05, 0.1) is 4.47 Å². The lowest BCUT2D eigenvalue weighted by atomic mass is 10.2. The van der Waals surface area contributed by atoms with Gasteiger partial charge in [0.2, 0.25) is 0 Å². The fourth-order valence-electron chi connectivity index (χ4n) is 1.25. The fraction of sp³-hybridized carbons (Fsp3) is 0.0833. The molecule has 0 saturated heterocycles. The molecule has 0 aliphatic heterocycles. The van der Waals surface area contributed by atoms with Crippen molar-refractivity contribution in [2.75, 3.05) is 0 Å². The number of aldehydes is 1. The van der Waals surface area contributed by atoms with Crippen LogP contribution in [0.4, 0.5) is 0 Å². The molecule has 0 saturated carbocycles. The van der Waals surface area contributed by atoms with E-state index in [1.165, 1.54) is 4.88 Å². The Labute approximate surface area is 106 Å². The highest BCUT2D eigenvalue weighted by Gasteiger charge is 2.03. The summed E-state index contributed by atoms with van der Waals surface area (Å²) in [6, 6.07) is 9.30. The van der Waals surface area contributed by atoms with Gasteiger partial charge in [0.1, 0.15) is 18.6 Å². The number of carbonyl (C=O) groups excluding carboxylic acids is 1. The van der Waals surface area contributed by atoms with Crippen LogP contribution in [0.1, 0.15) is 15.2 Å². The lowest BCUT2D eigenvalue weighted by molar-refractivity contribution is 0.112. The number of carbonyl (C=O) groups is 1. The number of benzene rings is 1. The zero-order valence-electron chi connectivity index (χ0n) is 8.35. The van der Waals surface area contributed by atoms with Crippen LogP contribution in [-0.2, 0) is 6.61 Å². The summed E-state index contributed by atoms with van der Waals surface area (Å²) in [5.41, 5.74) is 0.635. The highest BCUT2D eigenvalue weighted by atomic mass is 79.9. The average molecular weight is 297 g/mol. The number of rotatable bonds is 4. The SMILES string of the molecule is O=Cc1ccc(OCc2cccs2)c(Br)c1. The van der Waals surface area contributed by atoms with Crippen LogP contribution in [0, 0.1) is 0 Å². The van der Waals surface area contributed by atoms with E-state index in [2.05, 4.69) is 15.9 Å². The van der Waals surface area contributed by atoms with E-state index < -0.39 is 0 Å². The zero-order chi connectivity index (χ0) is 11.4. The van der Waals surface area contributed by atoms with Gasteiger partial charge in [-0.3, -0.25) is 4.79 Å². The Morgan fingerprint density at radius 2 is 2.25 bits per heavy atom. The molecule has 0 bridgehead atoms. The van der Waals surface area contributed by atoms with Crippen LogP contribution in [0.15, 0.2) is 40.2 Å². The number of hydrogen-bond donors (Lipinski definition) is 0. The van der Waals surface area contributed by atoms with Gasteiger partial charge in [0, 0.05) is 10.4 Å². The molecule has 0 spiro atoms. The third-order valence-corrected chi connectivity index (χ3v) is 3.51. The van der Waals surface area contributed by atoms with Gasteiger partial charge in [-0.25, -0.2) is 0 Å². The number of thiophene rings is 1. The minimum atomic E-state index is 0.552. The molecule has 0 aliphatic carbocycles. The van der Waals surface area contributed by atoms with E-state index in [0.717, 1.165) is 16.5 Å². The molecule has 1 aromatic heterocycles. The van der Waals surface area contributed by atoms with Crippen LogP contribution in [0.2, 0.25) is 0 Å². The van der Waals surface area contributed by atoms with Gasteiger partial charge in [-0.2, -0.15) is 0 Å². The zero-order valence-corrected chi connectivity index (χ0v) is 10.8. The molecule has 2 aromatic rings. The molecule has 1 heterocycles. The largest absolute Gasteiger partial charge is 0.487 e. The summed E-state index contributed by atoms with van der Waals surface area (Å²) >= 11 is 5.03. The first-order valence-corrected chi connectivity index (χ1v) is 6.37. The summed E-state index contributed by atoms with van der Waals surface area (Å²) in [6.07, 6.45) is 0.813. The van der Waals surface area contributed by atoms with Crippen molar-refractivity contribution in [3.8, 4) is 5.75 Å². The van der Waals surface area contributed by atoms with E-state index in [1.807, 2.05) is 17.5 Å². The molecule has 0 unspecified atom stereocenters. The Balaban J connectivity index is 2.07. The Kier molecular flexibility index (Phi) is 3.74. The van der Waals surface area contributed by atoms with Crippen molar-refractivity contribution in [2.45, 2.75) is 6.61 Å². The van der Waals surface area contributed by atoms with E-state index in [-0.39, 0.29) is 0 Å². The number of halogens is 1. The third kappa shape index (κ3) is 2.71. The van der Waals surface area contributed by atoms with Crippen molar-refractivity contribution in [1.82, 2.24) is 0 Å². The van der Waals surface area contributed by atoms with Crippen molar-refractivity contribution < 1.29 is 9.53 Å². The van der Waals surface area contributed by atoms with Crippen molar-refractivity contribution in [3.63, 3.8) is 0 Å². The first kappa shape index (κ1) is 11.4. The van der Waals surface area contributed by atoms with Crippen LogP contribution < -0.4 is 4.74 Å². The summed E-state index contributed by atoms with van der Waals surface area (Å²) in [6.45, 7) is 0.552. The highest BCUT2D eigenvalue weighted by molar-refractivity contribution is 9.10. The Morgan fingerprint density at radius 1 is 1.38 bits per heavy atom. The minimum Gasteiger partial charge on any atom is -0.487 e. The first-order valence-electron chi connectivity index (χ1n) is 4.69. The Morgan fingerprint density at radius 3 is 2.88 bits per heavy atom. The third-order valence-electron chi connectivity index (χ3n) is 2.04. The summed E-state index contributed by atoms with van der Waals surface area (Å²) in [7, 11) is 0. The molecule has 4 heteroatoms. The molecule has 2 rings (SSSR count). The first-order chi connectivity index (χ1) is 7.79. The summed E-state index contributed by atoms with van der Waals surface area (Å²) in [5, 5.41) is 2.02. The van der Waals surface area contributed by atoms with Crippen LogP contribution in [0.5, 0.6) is 5.75 Å². The maximum absolute atomic E-state index is 10.6. The summed E-state index contributed by atoms with van der Waals surface area (Å²) < 4.78 is 6.43. The molecule has 16 heavy (non-hydrogen) atoms. The lowest BCUT2D eigenvalue weighted by Gasteiger charge is -2.07. The van der Waals surface area contributed by atoms with E-state index in [0.29, 0.717) is 12.2 Å². The van der Waals surface area contributed by atoms with Crippen LogP contribution in [0.25, 0.3) is 0 Å². The van der Waals surface area contributed by atoms with Gasteiger partial charge in [-0.1, -0.05) is 6.07 Å². The number of hydrogen-bond acceptors (Lipinski definition) is 3. The van der Waals surface area contributed by atoms with Crippen LogP contribution in [-0.4, -0.2) is 6.29 Å². The van der Waals surface area contributed by atoms with Crippen molar-refractivity contribution in [2.24, 2.45) is 0 Å². The molecule has 0 fully saturated rings. The molecular weight excluding hydrogens is 288 g/mol. The smallest absolute Gasteiger partial charge is 0.150 e. The van der Waals surface area contributed by atoms with Crippen LogP contribution >= 0.6 is 27.3 Å². The van der Waals surface area contributed by atoms with E-state index in [9.17, 15) is 4.79 Å². The van der Waals surface area contributed by atoms with Gasteiger partial charge in [-0.05, 0) is 45.6 Å². The minimum absolute atomic E-state index is 0.552. The molecule has 0 atom stereocenters. The molecule has 2 nitrogen and oxygen atoms in total. The lowest BCUT2D eigenvalue weighted by Crippen LogP contribution is -1.94. The number of ether oxygens (including phenoxy) is 1. The molecular formula is C12H9BrO2S. The second-order valence-electron chi connectivity index (χ2n) is 3.18. The van der Waals surface area contributed by atoms with Gasteiger partial charge in [0.15, 0.2) is 0 Å². The highest BCUT2D eigenvalue weighted by Crippen LogP contribution is 2.26. The topological polar surface area (TPSA) is 26.3 Å². The molecule has 1 aromatic carbocycles. The van der Waals surface area contributed by atoms with Crippen molar-refractivity contribution >= 4 is 33.6 Å². The second-order valence-corrected chi connectivity index (χ2v) is 5.06. The van der Waals surface area contributed by atoms with E-state index in [4.69, 9.17) is 4.74 Å². The van der Waals surface area contributed by atoms with Crippen molar-refractivity contribution in [1.29, 1.82) is 0 Å². The maximum Gasteiger partial charge on any atom is 0.150 e. The quantitative estimate of drug-likeness (QED) is 0.800. The van der Waals surface area contributed by atoms with Crippen molar-refractivity contribution in [3.05, 3.63) is 50.6 Å². The molecule has 0 radical (unpaired) electrons. The normalized spacial score (nSPS) is 10.1. The molecule has 0 N–H and O–H groups in total. The average Bonchev–Trinajstić information content (AvgIpc) is 2.80. The second kappa shape index (κ2) is 5.27. The van der Waals surface area contributed by atoms with Gasteiger partial charge in [0.25, 0.3) is 0 Å². The van der Waals surface area contributed by atoms with Crippen LogP contribution in [0.3, 0.4) is 0 Å². The molecule has 0 aliphatic rings. The molecule has 82 valence electrons. The predicted octanol–water partition coefficient (Wildman–Crippen LogP) is 3.90. The summed E-state index contributed by atoms with van der Waals surface area (Å²) in [4.78, 5) is 11.7. The van der Waals surface area contributed by atoms with Gasteiger partial charge >= 0.3 is 0 Å². The Hall–Kier alpha value is -1.13. The van der Waals surface area contributed by atoms with E-state index >= 15 is 0 Å². The maximum atomic E-state index is 10.6. The fourth-order valence-corrected chi connectivity index (χ4v) is 2.38. The monoisotopic (exact) mass is 296 g/mol. The van der Waals surface area contributed by atoms with Gasteiger partial charge in [-0.15, -0.1) is 11.3 Å². The molecule has 0 amide bonds. The Bertz CT molecular complexity index is 480. The van der Waals surface area contributed by atoms with Gasteiger partial charge < -0.3 is 4.74 Å². The standard InChI is InChI=1S/C12H9BrO2S/c13-11-6-9(7-14)3-4-12(11)15-8-10-2-1-5-16-10/h1-7H,8H2. The predicted molar refractivity (Wildman–Crippen MR) is 68.2 cm³/mol.